The number of aromatic amines is 1. The summed E-state index contributed by atoms with van der Waals surface area (Å²) in [6.07, 6.45) is 4.65. The van der Waals surface area contributed by atoms with Crippen LogP contribution in [0.1, 0.15) is 36.0 Å². The second-order valence-corrected chi connectivity index (χ2v) is 6.62. The summed E-state index contributed by atoms with van der Waals surface area (Å²) < 4.78 is 0. The number of amides is 3. The van der Waals surface area contributed by atoms with Crippen LogP contribution in [0.2, 0.25) is 0 Å². The Morgan fingerprint density at radius 1 is 1.22 bits per heavy atom. The first-order valence-corrected chi connectivity index (χ1v) is 8.53. The van der Waals surface area contributed by atoms with Crippen molar-refractivity contribution in [2.75, 3.05) is 5.75 Å². The van der Waals surface area contributed by atoms with Crippen LogP contribution in [0.5, 0.6) is 0 Å². The summed E-state index contributed by atoms with van der Waals surface area (Å²) in [5, 5.41) is 2.68. The molecule has 122 valence electrons. The Balaban J connectivity index is 1.75. The van der Waals surface area contributed by atoms with Crippen LogP contribution < -0.4 is 10.9 Å². The summed E-state index contributed by atoms with van der Waals surface area (Å²) in [6.45, 7) is 0. The molecule has 1 aromatic rings. The fraction of sp³-hybridized carbons (Fsp3) is 0.467. The number of imide groups is 1. The van der Waals surface area contributed by atoms with Crippen molar-refractivity contribution in [3.05, 3.63) is 34.2 Å². The first-order valence-electron chi connectivity index (χ1n) is 7.54. The van der Waals surface area contributed by atoms with E-state index < -0.39 is 0 Å². The predicted octanol–water partition coefficient (Wildman–Crippen LogP) is 1.11. The van der Waals surface area contributed by atoms with Gasteiger partial charge < -0.3 is 10.3 Å². The summed E-state index contributed by atoms with van der Waals surface area (Å²) in [4.78, 5) is 51.0. The third-order valence-corrected chi connectivity index (χ3v) is 5.04. The van der Waals surface area contributed by atoms with Crippen molar-refractivity contribution >= 4 is 28.8 Å². The lowest BCUT2D eigenvalue weighted by molar-refractivity contribution is -0.127. The van der Waals surface area contributed by atoms with Crippen LogP contribution in [-0.4, -0.2) is 44.8 Å². The SMILES string of the molecule is O=C(N[C@H]1CCCC[C@@H]1N1C(=O)CSC1=O)c1ccc(=O)[nH]c1. The molecule has 1 aromatic heterocycles. The molecular weight excluding hydrogens is 318 g/mol. The van der Waals surface area contributed by atoms with Crippen molar-refractivity contribution in [1.29, 1.82) is 0 Å². The molecule has 2 heterocycles. The van der Waals surface area contributed by atoms with E-state index in [1.807, 2.05) is 0 Å². The van der Waals surface area contributed by atoms with E-state index >= 15 is 0 Å². The van der Waals surface area contributed by atoms with Gasteiger partial charge in [0.15, 0.2) is 0 Å². The maximum absolute atomic E-state index is 12.3. The lowest BCUT2D eigenvalue weighted by atomic mass is 9.89. The molecule has 0 spiro atoms. The number of carbonyl (C=O) groups is 3. The van der Waals surface area contributed by atoms with Crippen molar-refractivity contribution in [2.45, 2.75) is 37.8 Å². The highest BCUT2D eigenvalue weighted by molar-refractivity contribution is 8.14. The Labute approximate surface area is 136 Å². The van der Waals surface area contributed by atoms with Gasteiger partial charge in [0, 0.05) is 12.3 Å². The number of nitrogens with zero attached hydrogens (tertiary/aromatic N) is 1. The second kappa shape index (κ2) is 6.57. The number of H-pyrrole nitrogens is 1. The molecule has 7 nitrogen and oxygen atoms in total. The zero-order chi connectivity index (χ0) is 16.4. The molecule has 3 amide bonds. The normalized spacial score (nSPS) is 24.8. The number of aromatic nitrogens is 1. The number of hydrogen-bond acceptors (Lipinski definition) is 5. The van der Waals surface area contributed by atoms with Crippen molar-refractivity contribution in [3.63, 3.8) is 0 Å². The van der Waals surface area contributed by atoms with Gasteiger partial charge in [-0.1, -0.05) is 24.6 Å². The molecule has 0 bridgehead atoms. The molecule has 2 fully saturated rings. The molecule has 0 aromatic carbocycles. The first kappa shape index (κ1) is 15.8. The van der Waals surface area contributed by atoms with Crippen LogP contribution in [-0.2, 0) is 4.79 Å². The lowest BCUT2D eigenvalue weighted by Gasteiger charge is -2.36. The monoisotopic (exact) mass is 335 g/mol. The van der Waals surface area contributed by atoms with Gasteiger partial charge in [-0.15, -0.1) is 0 Å². The molecule has 0 unspecified atom stereocenters. The highest BCUT2D eigenvalue weighted by atomic mass is 32.2. The molecule has 2 atom stereocenters. The van der Waals surface area contributed by atoms with Gasteiger partial charge in [-0.2, -0.15) is 0 Å². The van der Waals surface area contributed by atoms with Gasteiger partial charge in [0.05, 0.1) is 23.4 Å². The molecule has 2 aliphatic rings. The molecule has 1 aliphatic carbocycles. The zero-order valence-electron chi connectivity index (χ0n) is 12.4. The number of thioether (sulfide) groups is 1. The van der Waals surface area contributed by atoms with E-state index in [0.29, 0.717) is 12.0 Å². The number of rotatable bonds is 3. The van der Waals surface area contributed by atoms with Gasteiger partial charge in [-0.05, 0) is 18.9 Å². The summed E-state index contributed by atoms with van der Waals surface area (Å²) in [5.74, 6) is -0.323. The molecule has 8 heteroatoms. The largest absolute Gasteiger partial charge is 0.347 e. The minimum absolute atomic E-state index is 0.177. The molecule has 3 rings (SSSR count). The maximum Gasteiger partial charge on any atom is 0.289 e. The standard InChI is InChI=1S/C15H17N3O4S/c19-12-6-5-9(7-16-12)14(21)17-10-3-1-2-4-11(10)18-13(20)8-23-15(18)22/h5-7,10-11H,1-4,8H2,(H,16,19)(H,17,21)/t10-,11-/m0/s1. The highest BCUT2D eigenvalue weighted by Crippen LogP contribution is 2.30. The van der Waals surface area contributed by atoms with Crippen molar-refractivity contribution < 1.29 is 14.4 Å². The van der Waals surface area contributed by atoms with Gasteiger partial charge in [0.1, 0.15) is 0 Å². The number of pyridine rings is 1. The molecule has 2 N–H and O–H groups in total. The van der Waals surface area contributed by atoms with E-state index in [1.165, 1.54) is 23.2 Å². The van der Waals surface area contributed by atoms with Crippen molar-refractivity contribution in [2.24, 2.45) is 0 Å². The Morgan fingerprint density at radius 3 is 2.65 bits per heavy atom. The summed E-state index contributed by atoms with van der Waals surface area (Å²) in [7, 11) is 0. The molecule has 0 radical (unpaired) electrons. The Bertz CT molecular complexity index is 666. The quantitative estimate of drug-likeness (QED) is 0.862. The first-order chi connectivity index (χ1) is 11.1. The van der Waals surface area contributed by atoms with E-state index in [2.05, 4.69) is 10.3 Å². The second-order valence-electron chi connectivity index (χ2n) is 5.69. The minimum Gasteiger partial charge on any atom is -0.347 e. The van der Waals surface area contributed by atoms with E-state index in [-0.39, 0.29) is 40.4 Å². The average Bonchev–Trinajstić information content (AvgIpc) is 2.87. The minimum atomic E-state index is -0.315. The van der Waals surface area contributed by atoms with Gasteiger partial charge in [0.2, 0.25) is 11.5 Å². The third-order valence-electron chi connectivity index (χ3n) is 4.21. The van der Waals surface area contributed by atoms with E-state index in [0.717, 1.165) is 31.0 Å². The molecular formula is C15H17N3O4S. The van der Waals surface area contributed by atoms with Gasteiger partial charge in [-0.3, -0.25) is 24.1 Å². The lowest BCUT2D eigenvalue weighted by Crippen LogP contribution is -2.54. The van der Waals surface area contributed by atoms with Gasteiger partial charge in [-0.25, -0.2) is 0 Å². The fourth-order valence-corrected chi connectivity index (χ4v) is 3.84. The van der Waals surface area contributed by atoms with Crippen LogP contribution in [0.4, 0.5) is 4.79 Å². The molecule has 1 aliphatic heterocycles. The number of nitrogens with one attached hydrogen (secondary N) is 2. The van der Waals surface area contributed by atoms with Crippen LogP contribution >= 0.6 is 11.8 Å². The third kappa shape index (κ3) is 3.31. The number of hydrogen-bond donors (Lipinski definition) is 2. The van der Waals surface area contributed by atoms with Crippen molar-refractivity contribution in [1.82, 2.24) is 15.2 Å². The van der Waals surface area contributed by atoms with E-state index in [1.54, 1.807) is 0 Å². The van der Waals surface area contributed by atoms with Crippen LogP contribution in [0, 0.1) is 0 Å². The smallest absolute Gasteiger partial charge is 0.289 e. The van der Waals surface area contributed by atoms with E-state index in [9.17, 15) is 19.2 Å². The van der Waals surface area contributed by atoms with E-state index in [4.69, 9.17) is 0 Å². The van der Waals surface area contributed by atoms with Gasteiger partial charge in [0.25, 0.3) is 11.1 Å². The fourth-order valence-electron chi connectivity index (χ4n) is 3.08. The molecule has 23 heavy (non-hydrogen) atoms. The Hall–Kier alpha value is -2.09. The molecule has 1 saturated carbocycles. The van der Waals surface area contributed by atoms with Crippen LogP contribution in [0.15, 0.2) is 23.1 Å². The van der Waals surface area contributed by atoms with Gasteiger partial charge >= 0.3 is 0 Å². The van der Waals surface area contributed by atoms with Crippen molar-refractivity contribution in [3.8, 4) is 0 Å². The summed E-state index contributed by atoms with van der Waals surface area (Å²) in [5.41, 5.74) is 0.0738. The molecule has 1 saturated heterocycles. The van der Waals surface area contributed by atoms with Crippen LogP contribution in [0.25, 0.3) is 0 Å². The highest BCUT2D eigenvalue weighted by Gasteiger charge is 2.41. The summed E-state index contributed by atoms with van der Waals surface area (Å²) >= 11 is 1.01. The summed E-state index contributed by atoms with van der Waals surface area (Å²) in [6, 6.07) is 2.20. The topological polar surface area (TPSA) is 99.3 Å². The zero-order valence-corrected chi connectivity index (χ0v) is 13.2. The maximum atomic E-state index is 12.3. The Kier molecular flexibility index (Phi) is 4.51. The number of carbonyl (C=O) groups excluding carboxylic acids is 3. The van der Waals surface area contributed by atoms with Crippen LogP contribution in [0.3, 0.4) is 0 Å². The Morgan fingerprint density at radius 2 is 2.00 bits per heavy atom. The average molecular weight is 335 g/mol. The predicted molar refractivity (Wildman–Crippen MR) is 85.3 cm³/mol.